The van der Waals surface area contributed by atoms with Crippen molar-refractivity contribution in [3.63, 3.8) is 0 Å². The van der Waals surface area contributed by atoms with Crippen LogP contribution in [0.4, 0.5) is 5.69 Å². The molecule has 1 aromatic carbocycles. The minimum Gasteiger partial charge on any atom is -0.495 e. The largest absolute Gasteiger partial charge is 0.495 e. The molecule has 0 fully saturated rings. The highest BCUT2D eigenvalue weighted by Gasteiger charge is 2.03. The van der Waals surface area contributed by atoms with Crippen molar-refractivity contribution in [2.75, 3.05) is 12.8 Å². The molecule has 0 aliphatic rings. The van der Waals surface area contributed by atoms with Crippen molar-refractivity contribution in [2.24, 2.45) is 0 Å². The van der Waals surface area contributed by atoms with Crippen LogP contribution >= 0.6 is 0 Å². The molecule has 0 bridgehead atoms. The molecule has 0 aliphatic heterocycles. The van der Waals surface area contributed by atoms with Gasteiger partial charge in [0.25, 0.3) is 0 Å². The molecule has 0 aromatic heterocycles. The van der Waals surface area contributed by atoms with E-state index in [1.165, 1.54) is 19.2 Å². The maximum absolute atomic E-state index is 10.3. The molecule has 1 aromatic rings. The summed E-state index contributed by atoms with van der Waals surface area (Å²) < 4.78 is 28.0. The molecule has 0 saturated heterocycles. The predicted octanol–water partition coefficient (Wildman–Crippen LogP) is 0.793. The summed E-state index contributed by atoms with van der Waals surface area (Å²) >= 11 is -2.33. The van der Waals surface area contributed by atoms with Gasteiger partial charge in [-0.05, 0) is 12.1 Å². The molecule has 13 heavy (non-hydrogen) atoms. The summed E-state index contributed by atoms with van der Waals surface area (Å²) in [6.07, 6.45) is 0. The lowest BCUT2D eigenvalue weighted by Gasteiger charge is -2.05. The Morgan fingerprint density at radius 2 is 2.23 bits per heavy atom. The number of methoxy groups -OCH3 is 1. The van der Waals surface area contributed by atoms with Crippen molar-refractivity contribution in [2.45, 2.75) is 0 Å². The van der Waals surface area contributed by atoms with E-state index in [9.17, 15) is 4.21 Å². The Morgan fingerprint density at radius 3 is 2.69 bits per heavy atom. The van der Waals surface area contributed by atoms with Gasteiger partial charge >= 0.3 is 11.4 Å². The van der Waals surface area contributed by atoms with Crippen LogP contribution in [0, 0.1) is 0 Å². The van der Waals surface area contributed by atoms with Gasteiger partial charge in [0.15, 0.2) is 0 Å². The molecule has 0 radical (unpaired) electrons. The van der Waals surface area contributed by atoms with Crippen LogP contribution in [0.25, 0.3) is 0 Å². The predicted molar refractivity (Wildman–Crippen MR) is 48.8 cm³/mol. The van der Waals surface area contributed by atoms with Crippen LogP contribution in [0.3, 0.4) is 0 Å². The third kappa shape index (κ3) is 2.60. The maximum atomic E-state index is 10.3. The van der Waals surface area contributed by atoms with Gasteiger partial charge in [-0.15, -0.1) is 0 Å². The summed E-state index contributed by atoms with van der Waals surface area (Å²) in [5.41, 5.74) is 5.87. The number of nitrogens with two attached hydrogens (primary N) is 1. The van der Waals surface area contributed by atoms with Crippen molar-refractivity contribution >= 4 is 17.0 Å². The van der Waals surface area contributed by atoms with Crippen LogP contribution in [0.15, 0.2) is 18.2 Å². The second kappa shape index (κ2) is 4.11. The lowest BCUT2D eigenvalue weighted by molar-refractivity contribution is 0.415. The molecular weight excluding hydrogens is 194 g/mol. The average Bonchev–Trinajstić information content (AvgIpc) is 2.03. The zero-order chi connectivity index (χ0) is 9.84. The summed E-state index contributed by atoms with van der Waals surface area (Å²) in [6, 6.07) is 4.45. The van der Waals surface area contributed by atoms with E-state index in [1.54, 1.807) is 6.07 Å². The van der Waals surface area contributed by atoms with Crippen LogP contribution in [0.1, 0.15) is 0 Å². The number of benzene rings is 1. The highest BCUT2D eigenvalue weighted by Crippen LogP contribution is 2.26. The Labute approximate surface area is 77.9 Å². The Bertz CT molecular complexity index is 328. The van der Waals surface area contributed by atoms with E-state index in [0.29, 0.717) is 11.4 Å². The highest BCUT2D eigenvalue weighted by atomic mass is 32.2. The monoisotopic (exact) mass is 203 g/mol. The van der Waals surface area contributed by atoms with Gasteiger partial charge in [0.1, 0.15) is 11.5 Å². The topological polar surface area (TPSA) is 81.8 Å². The van der Waals surface area contributed by atoms with Crippen LogP contribution in [0.2, 0.25) is 0 Å². The van der Waals surface area contributed by atoms with Crippen LogP contribution in [0.5, 0.6) is 11.5 Å². The molecule has 1 unspecified atom stereocenters. The standard InChI is InChI=1S/C7H9NO4S/c1-11-7-3-2-5(4-6(7)8)12-13(9)10/h2-4H,8H2,1H3,(H,9,10). The van der Waals surface area contributed by atoms with E-state index in [2.05, 4.69) is 4.18 Å². The van der Waals surface area contributed by atoms with Crippen molar-refractivity contribution in [3.8, 4) is 11.5 Å². The molecule has 0 aliphatic carbocycles. The molecular formula is C7H9NO4S. The third-order valence-corrected chi connectivity index (χ3v) is 1.70. The van der Waals surface area contributed by atoms with E-state index in [4.69, 9.17) is 15.0 Å². The lowest BCUT2D eigenvalue weighted by atomic mass is 10.3. The molecule has 3 N–H and O–H groups in total. The number of hydrogen-bond acceptors (Lipinski definition) is 4. The quantitative estimate of drug-likeness (QED) is 0.560. The van der Waals surface area contributed by atoms with E-state index in [-0.39, 0.29) is 5.75 Å². The van der Waals surface area contributed by atoms with Crippen molar-refractivity contribution in [1.82, 2.24) is 0 Å². The molecule has 0 saturated carbocycles. The van der Waals surface area contributed by atoms with Crippen molar-refractivity contribution < 1.29 is 17.7 Å². The first-order valence-electron chi connectivity index (χ1n) is 3.36. The lowest BCUT2D eigenvalue weighted by Crippen LogP contribution is -1.99. The Hall–Kier alpha value is -1.27. The van der Waals surface area contributed by atoms with Gasteiger partial charge in [0.05, 0.1) is 12.8 Å². The first-order valence-corrected chi connectivity index (χ1v) is 4.39. The van der Waals surface area contributed by atoms with Gasteiger partial charge in [-0.1, -0.05) is 0 Å². The summed E-state index contributed by atoms with van der Waals surface area (Å²) in [4.78, 5) is 0. The van der Waals surface area contributed by atoms with E-state index in [1.807, 2.05) is 0 Å². The van der Waals surface area contributed by atoms with E-state index in [0.717, 1.165) is 0 Å². The van der Waals surface area contributed by atoms with Crippen molar-refractivity contribution in [1.29, 1.82) is 0 Å². The molecule has 5 nitrogen and oxygen atoms in total. The zero-order valence-electron chi connectivity index (χ0n) is 6.89. The average molecular weight is 203 g/mol. The van der Waals surface area contributed by atoms with Crippen LogP contribution in [-0.2, 0) is 11.4 Å². The van der Waals surface area contributed by atoms with Gasteiger partial charge < -0.3 is 14.7 Å². The minimum atomic E-state index is -2.33. The molecule has 1 atom stereocenters. The highest BCUT2D eigenvalue weighted by molar-refractivity contribution is 7.74. The Kier molecular flexibility index (Phi) is 3.10. The summed E-state index contributed by atoms with van der Waals surface area (Å²) in [5.74, 6) is 0.718. The number of anilines is 1. The van der Waals surface area contributed by atoms with Gasteiger partial charge in [-0.2, -0.15) is 4.21 Å². The second-order valence-corrected chi connectivity index (χ2v) is 2.81. The number of hydrogen-bond donors (Lipinski definition) is 2. The first kappa shape index (κ1) is 9.82. The normalized spacial score (nSPS) is 12.2. The second-order valence-electron chi connectivity index (χ2n) is 2.20. The molecule has 6 heteroatoms. The summed E-state index contributed by atoms with van der Waals surface area (Å²) in [7, 11) is 1.48. The fourth-order valence-corrected chi connectivity index (χ4v) is 1.11. The van der Waals surface area contributed by atoms with Gasteiger partial charge in [-0.25, -0.2) is 0 Å². The third-order valence-electron chi connectivity index (χ3n) is 1.37. The minimum absolute atomic E-state index is 0.221. The van der Waals surface area contributed by atoms with Crippen LogP contribution in [-0.4, -0.2) is 15.9 Å². The number of nitrogen functional groups attached to an aromatic ring is 1. The maximum Gasteiger partial charge on any atom is 0.357 e. The summed E-state index contributed by atoms with van der Waals surface area (Å²) in [5, 5.41) is 0. The van der Waals surface area contributed by atoms with E-state index >= 15 is 0 Å². The SMILES string of the molecule is COc1ccc(OS(=O)O)cc1N. The molecule has 0 spiro atoms. The van der Waals surface area contributed by atoms with Gasteiger partial charge in [0.2, 0.25) is 0 Å². The molecule has 0 heterocycles. The first-order chi connectivity index (χ1) is 6.13. The van der Waals surface area contributed by atoms with Gasteiger partial charge in [-0.3, -0.25) is 4.55 Å². The fourth-order valence-electron chi connectivity index (χ4n) is 0.847. The Balaban J connectivity index is 2.89. The zero-order valence-corrected chi connectivity index (χ0v) is 7.71. The number of rotatable bonds is 3. The smallest absolute Gasteiger partial charge is 0.357 e. The summed E-state index contributed by atoms with van der Waals surface area (Å²) in [6.45, 7) is 0. The van der Waals surface area contributed by atoms with E-state index < -0.39 is 11.4 Å². The fraction of sp³-hybridized carbons (Fsp3) is 0.143. The molecule has 1 rings (SSSR count). The number of ether oxygens (including phenoxy) is 1. The van der Waals surface area contributed by atoms with Crippen LogP contribution < -0.4 is 14.7 Å². The van der Waals surface area contributed by atoms with Crippen molar-refractivity contribution in [3.05, 3.63) is 18.2 Å². The Morgan fingerprint density at radius 1 is 1.54 bits per heavy atom. The van der Waals surface area contributed by atoms with Gasteiger partial charge in [0, 0.05) is 6.07 Å². The molecule has 72 valence electrons. The molecule has 0 amide bonds.